The van der Waals surface area contributed by atoms with Crippen LogP contribution < -0.4 is 0 Å². The van der Waals surface area contributed by atoms with Crippen molar-refractivity contribution in [2.75, 3.05) is 19.8 Å². The Bertz CT molecular complexity index is 685. The summed E-state index contributed by atoms with van der Waals surface area (Å²) < 4.78 is 5.03. The van der Waals surface area contributed by atoms with E-state index in [2.05, 4.69) is 0 Å². The fourth-order valence-corrected chi connectivity index (χ4v) is 2.16. The molecular formula is C20H28O10. The van der Waals surface area contributed by atoms with Crippen LogP contribution in [-0.4, -0.2) is 69.2 Å². The predicted molar refractivity (Wildman–Crippen MR) is 104 cm³/mol. The van der Waals surface area contributed by atoms with Crippen molar-refractivity contribution < 1.29 is 49.4 Å². The lowest BCUT2D eigenvalue weighted by atomic mass is 9.88. The van der Waals surface area contributed by atoms with Gasteiger partial charge in [0.1, 0.15) is 6.61 Å². The minimum absolute atomic E-state index is 0.0547. The molecule has 0 spiro atoms. The van der Waals surface area contributed by atoms with Crippen molar-refractivity contribution in [2.24, 2.45) is 5.41 Å². The SMILES string of the molecule is CCC(CO)(CO)COC(=O)c1ccccc1C(=O)O.O=C(O)CCCCC(=O)O. The second-order valence-corrected chi connectivity index (χ2v) is 6.59. The molecular weight excluding hydrogens is 400 g/mol. The second-order valence-electron chi connectivity index (χ2n) is 6.59. The van der Waals surface area contributed by atoms with Gasteiger partial charge in [0.05, 0.1) is 29.8 Å². The summed E-state index contributed by atoms with van der Waals surface area (Å²) in [6.07, 6.45) is 1.44. The van der Waals surface area contributed by atoms with Crippen LogP contribution in [0.5, 0.6) is 0 Å². The van der Waals surface area contributed by atoms with E-state index in [1.165, 1.54) is 24.3 Å². The summed E-state index contributed by atoms with van der Waals surface area (Å²) >= 11 is 0. The number of aliphatic hydroxyl groups is 2. The van der Waals surface area contributed by atoms with Gasteiger partial charge in [-0.1, -0.05) is 19.1 Å². The van der Waals surface area contributed by atoms with Gasteiger partial charge in [-0.05, 0) is 31.4 Å². The van der Waals surface area contributed by atoms with E-state index in [1.54, 1.807) is 6.92 Å². The molecule has 1 aromatic carbocycles. The Morgan fingerprint density at radius 1 is 0.867 bits per heavy atom. The number of unbranched alkanes of at least 4 members (excludes halogenated alkanes) is 1. The fraction of sp³-hybridized carbons (Fsp3) is 0.500. The molecule has 0 aliphatic rings. The molecule has 0 aliphatic heterocycles. The zero-order valence-electron chi connectivity index (χ0n) is 16.7. The van der Waals surface area contributed by atoms with Crippen molar-refractivity contribution in [3.8, 4) is 0 Å². The van der Waals surface area contributed by atoms with Gasteiger partial charge >= 0.3 is 23.9 Å². The molecule has 0 radical (unpaired) electrons. The summed E-state index contributed by atoms with van der Waals surface area (Å²) in [6, 6.07) is 5.72. The number of hydrogen-bond acceptors (Lipinski definition) is 7. The Labute approximate surface area is 173 Å². The minimum atomic E-state index is -1.22. The molecule has 1 rings (SSSR count). The van der Waals surface area contributed by atoms with Crippen molar-refractivity contribution in [1.82, 2.24) is 0 Å². The van der Waals surface area contributed by atoms with E-state index in [0.717, 1.165) is 0 Å². The van der Waals surface area contributed by atoms with Gasteiger partial charge in [-0.2, -0.15) is 0 Å². The number of aliphatic hydroxyl groups excluding tert-OH is 2. The van der Waals surface area contributed by atoms with Crippen molar-refractivity contribution in [3.63, 3.8) is 0 Å². The van der Waals surface area contributed by atoms with Crippen molar-refractivity contribution in [2.45, 2.75) is 39.0 Å². The van der Waals surface area contributed by atoms with E-state index >= 15 is 0 Å². The number of rotatable bonds is 12. The highest BCUT2D eigenvalue weighted by atomic mass is 16.5. The van der Waals surface area contributed by atoms with Gasteiger partial charge in [-0.3, -0.25) is 9.59 Å². The fourth-order valence-electron chi connectivity index (χ4n) is 2.16. The number of hydrogen-bond donors (Lipinski definition) is 5. The molecule has 0 aromatic heterocycles. The standard InChI is InChI=1S/C14H18O6.C6H10O4/c1-2-14(7-15,8-16)9-20-13(19)11-6-4-3-5-10(11)12(17)18;7-5(8)3-1-2-4-6(9)10/h3-6,15-16H,2,7-9H2,1H3,(H,17,18);1-4H2,(H,7,8)(H,9,10). The third-order valence-corrected chi connectivity index (χ3v) is 4.34. The molecule has 0 amide bonds. The number of aliphatic carboxylic acids is 2. The van der Waals surface area contributed by atoms with Gasteiger partial charge in [0, 0.05) is 12.8 Å². The topological polar surface area (TPSA) is 179 Å². The Balaban J connectivity index is 0.000000710. The van der Waals surface area contributed by atoms with E-state index in [0.29, 0.717) is 19.3 Å². The number of carbonyl (C=O) groups excluding carboxylic acids is 1. The molecule has 0 bridgehead atoms. The molecule has 168 valence electrons. The smallest absolute Gasteiger partial charge is 0.339 e. The van der Waals surface area contributed by atoms with Crippen LogP contribution in [0.25, 0.3) is 0 Å². The van der Waals surface area contributed by atoms with Crippen molar-refractivity contribution in [1.29, 1.82) is 0 Å². The molecule has 10 heteroatoms. The Morgan fingerprint density at radius 2 is 1.33 bits per heavy atom. The van der Waals surface area contributed by atoms with Gasteiger partial charge in [0.25, 0.3) is 0 Å². The Hall–Kier alpha value is -2.98. The van der Waals surface area contributed by atoms with Crippen LogP contribution in [0.3, 0.4) is 0 Å². The summed E-state index contributed by atoms with van der Waals surface area (Å²) in [5.41, 5.74) is -1.11. The van der Waals surface area contributed by atoms with E-state index < -0.39 is 29.3 Å². The highest BCUT2D eigenvalue weighted by Gasteiger charge is 2.29. The first-order chi connectivity index (χ1) is 14.1. The van der Waals surface area contributed by atoms with Gasteiger partial charge in [-0.25, -0.2) is 9.59 Å². The zero-order chi connectivity index (χ0) is 23.2. The lowest BCUT2D eigenvalue weighted by Crippen LogP contribution is -2.35. The average Bonchev–Trinajstić information content (AvgIpc) is 2.72. The number of benzene rings is 1. The van der Waals surface area contributed by atoms with Crippen LogP contribution in [0.1, 0.15) is 59.7 Å². The lowest BCUT2D eigenvalue weighted by Gasteiger charge is -2.27. The molecule has 0 atom stereocenters. The van der Waals surface area contributed by atoms with Gasteiger partial charge in [-0.15, -0.1) is 0 Å². The third kappa shape index (κ3) is 9.99. The normalized spacial score (nSPS) is 10.5. The molecule has 0 unspecified atom stereocenters. The first-order valence-electron chi connectivity index (χ1n) is 9.27. The zero-order valence-corrected chi connectivity index (χ0v) is 16.7. The summed E-state index contributed by atoms with van der Waals surface area (Å²) in [6.45, 7) is 0.927. The third-order valence-electron chi connectivity index (χ3n) is 4.34. The monoisotopic (exact) mass is 428 g/mol. The quantitative estimate of drug-likeness (QED) is 0.243. The minimum Gasteiger partial charge on any atom is -0.481 e. The first kappa shape index (κ1) is 27.0. The van der Waals surface area contributed by atoms with E-state index in [9.17, 15) is 29.4 Å². The maximum Gasteiger partial charge on any atom is 0.339 e. The molecule has 5 N–H and O–H groups in total. The molecule has 1 aromatic rings. The van der Waals surface area contributed by atoms with Gasteiger partial charge in [0.15, 0.2) is 0 Å². The van der Waals surface area contributed by atoms with Crippen LogP contribution in [0, 0.1) is 5.41 Å². The summed E-state index contributed by atoms with van der Waals surface area (Å²) in [5.74, 6) is -3.75. The maximum absolute atomic E-state index is 11.9. The molecule has 30 heavy (non-hydrogen) atoms. The summed E-state index contributed by atoms with van der Waals surface area (Å²) in [7, 11) is 0. The molecule has 0 fully saturated rings. The highest BCUT2D eigenvalue weighted by molar-refractivity contribution is 6.02. The second kappa shape index (κ2) is 14.1. The summed E-state index contributed by atoms with van der Waals surface area (Å²) in [4.78, 5) is 42.7. The first-order valence-corrected chi connectivity index (χ1v) is 9.27. The van der Waals surface area contributed by atoms with E-state index in [-0.39, 0.29) is 43.8 Å². The van der Waals surface area contributed by atoms with Crippen LogP contribution in [0.2, 0.25) is 0 Å². The number of carbonyl (C=O) groups is 4. The lowest BCUT2D eigenvalue weighted by molar-refractivity contribution is -0.139. The Kier molecular flexibility index (Phi) is 12.7. The predicted octanol–water partition coefficient (Wildman–Crippen LogP) is 1.64. The van der Waals surface area contributed by atoms with Crippen molar-refractivity contribution >= 4 is 23.9 Å². The Morgan fingerprint density at radius 3 is 1.70 bits per heavy atom. The maximum atomic E-state index is 11.9. The van der Waals surface area contributed by atoms with Crippen LogP contribution in [-0.2, 0) is 14.3 Å². The highest BCUT2D eigenvalue weighted by Crippen LogP contribution is 2.22. The van der Waals surface area contributed by atoms with Crippen LogP contribution in [0.4, 0.5) is 0 Å². The molecule has 0 heterocycles. The molecule has 10 nitrogen and oxygen atoms in total. The number of ether oxygens (including phenoxy) is 1. The summed E-state index contributed by atoms with van der Waals surface area (Å²) in [5, 5.41) is 43.8. The van der Waals surface area contributed by atoms with E-state index in [4.69, 9.17) is 20.1 Å². The van der Waals surface area contributed by atoms with Crippen LogP contribution in [0.15, 0.2) is 24.3 Å². The number of aromatic carboxylic acids is 1. The number of carboxylic acid groups (broad SMARTS) is 3. The number of esters is 1. The molecule has 0 aliphatic carbocycles. The largest absolute Gasteiger partial charge is 0.481 e. The molecule has 0 saturated carbocycles. The average molecular weight is 428 g/mol. The van der Waals surface area contributed by atoms with Gasteiger partial charge in [0.2, 0.25) is 0 Å². The van der Waals surface area contributed by atoms with Crippen molar-refractivity contribution in [3.05, 3.63) is 35.4 Å². The van der Waals surface area contributed by atoms with Crippen LogP contribution >= 0.6 is 0 Å². The van der Waals surface area contributed by atoms with E-state index in [1.807, 2.05) is 0 Å². The van der Waals surface area contributed by atoms with Gasteiger partial charge < -0.3 is 30.3 Å². The molecule has 0 saturated heterocycles. The number of carboxylic acids is 3.